The second-order valence-electron chi connectivity index (χ2n) is 6.25. The normalized spacial score (nSPS) is 16.4. The monoisotopic (exact) mass is 374 g/mol. The number of hydrogen-bond acceptors (Lipinski definition) is 3. The van der Waals surface area contributed by atoms with Crippen molar-refractivity contribution >= 4 is 29.9 Å². The second-order valence-corrected chi connectivity index (χ2v) is 6.65. The topological polar surface area (TPSA) is 41.6 Å². The van der Waals surface area contributed by atoms with Gasteiger partial charge in [0.15, 0.2) is 6.10 Å². The van der Waals surface area contributed by atoms with E-state index in [-0.39, 0.29) is 18.3 Å². The molecule has 1 aliphatic heterocycles. The van der Waals surface area contributed by atoms with Gasteiger partial charge in [-0.3, -0.25) is 4.79 Å². The van der Waals surface area contributed by atoms with Crippen LogP contribution in [0.2, 0.25) is 5.02 Å². The minimum absolute atomic E-state index is 0. The molecule has 0 radical (unpaired) electrons. The number of piperidine rings is 1. The maximum absolute atomic E-state index is 12.5. The van der Waals surface area contributed by atoms with Crippen molar-refractivity contribution in [2.24, 2.45) is 5.92 Å². The van der Waals surface area contributed by atoms with Gasteiger partial charge in [-0.2, -0.15) is 0 Å². The average molecular weight is 375 g/mol. The fourth-order valence-corrected chi connectivity index (χ4v) is 3.03. The summed E-state index contributed by atoms with van der Waals surface area (Å²) in [5.74, 6) is 1.43. The van der Waals surface area contributed by atoms with Crippen LogP contribution in [-0.4, -0.2) is 43.1 Å². The molecule has 6 heteroatoms. The molecule has 1 atom stereocenters. The summed E-state index contributed by atoms with van der Waals surface area (Å²) in [7, 11) is 0. The molecular weight excluding hydrogens is 347 g/mol. The molecule has 4 nitrogen and oxygen atoms in total. The SMILES string of the molecule is CCNCC1CCN(C(=O)C(C)Oc2ccc(Cl)c(C)c2)CC1.Cl. The highest BCUT2D eigenvalue weighted by atomic mass is 35.5. The summed E-state index contributed by atoms with van der Waals surface area (Å²) in [6, 6.07) is 5.48. The molecule has 2 rings (SSSR count). The molecule has 0 spiro atoms. The molecular formula is C18H28Cl2N2O2. The second kappa shape index (κ2) is 10.1. The summed E-state index contributed by atoms with van der Waals surface area (Å²) in [4.78, 5) is 14.5. The van der Waals surface area contributed by atoms with E-state index < -0.39 is 6.10 Å². The number of carbonyl (C=O) groups is 1. The van der Waals surface area contributed by atoms with Gasteiger partial charge in [0.25, 0.3) is 5.91 Å². The number of nitrogens with zero attached hydrogens (tertiary/aromatic N) is 1. The number of benzene rings is 1. The van der Waals surface area contributed by atoms with Crippen LogP contribution in [0.5, 0.6) is 5.75 Å². The Hall–Kier alpha value is -0.970. The molecule has 0 bridgehead atoms. The lowest BCUT2D eigenvalue weighted by molar-refractivity contribution is -0.139. The van der Waals surface area contributed by atoms with E-state index in [0.717, 1.165) is 44.6 Å². The number of likely N-dealkylation sites (tertiary alicyclic amines) is 1. The zero-order valence-corrected chi connectivity index (χ0v) is 16.3. The predicted molar refractivity (Wildman–Crippen MR) is 101 cm³/mol. The van der Waals surface area contributed by atoms with Gasteiger partial charge in [-0.05, 0) is 69.5 Å². The van der Waals surface area contributed by atoms with Gasteiger partial charge in [0.05, 0.1) is 0 Å². The lowest BCUT2D eigenvalue weighted by Crippen LogP contribution is -2.45. The molecule has 1 N–H and O–H groups in total. The third-order valence-corrected chi connectivity index (χ3v) is 4.82. The Bertz CT molecular complexity index is 532. The van der Waals surface area contributed by atoms with Crippen LogP contribution in [0.3, 0.4) is 0 Å². The third-order valence-electron chi connectivity index (χ3n) is 4.40. The molecule has 1 heterocycles. The summed E-state index contributed by atoms with van der Waals surface area (Å²) in [5, 5.41) is 4.10. The van der Waals surface area contributed by atoms with Gasteiger partial charge in [-0.1, -0.05) is 18.5 Å². The van der Waals surface area contributed by atoms with Crippen LogP contribution in [-0.2, 0) is 4.79 Å². The molecule has 1 aromatic carbocycles. The van der Waals surface area contributed by atoms with Crippen molar-refractivity contribution in [1.82, 2.24) is 10.2 Å². The van der Waals surface area contributed by atoms with Crippen molar-refractivity contribution in [3.8, 4) is 5.75 Å². The van der Waals surface area contributed by atoms with Gasteiger partial charge in [0, 0.05) is 18.1 Å². The molecule has 24 heavy (non-hydrogen) atoms. The Labute approximate surface area is 156 Å². The minimum Gasteiger partial charge on any atom is -0.481 e. The van der Waals surface area contributed by atoms with E-state index in [1.807, 2.05) is 30.9 Å². The molecule has 1 fully saturated rings. The fourth-order valence-electron chi connectivity index (χ4n) is 2.91. The molecule has 0 aliphatic carbocycles. The van der Waals surface area contributed by atoms with E-state index >= 15 is 0 Å². The Morgan fingerprint density at radius 3 is 2.67 bits per heavy atom. The number of ether oxygens (including phenoxy) is 1. The van der Waals surface area contributed by atoms with Gasteiger partial charge in [0.1, 0.15) is 5.75 Å². The van der Waals surface area contributed by atoms with E-state index in [9.17, 15) is 4.79 Å². The zero-order valence-electron chi connectivity index (χ0n) is 14.7. The van der Waals surface area contributed by atoms with Gasteiger partial charge in [-0.25, -0.2) is 0 Å². The van der Waals surface area contributed by atoms with E-state index in [4.69, 9.17) is 16.3 Å². The quantitative estimate of drug-likeness (QED) is 0.825. The van der Waals surface area contributed by atoms with Crippen LogP contribution < -0.4 is 10.1 Å². The van der Waals surface area contributed by atoms with Crippen LogP contribution in [0.15, 0.2) is 18.2 Å². The van der Waals surface area contributed by atoms with Gasteiger partial charge in [0.2, 0.25) is 0 Å². The average Bonchev–Trinajstić information content (AvgIpc) is 2.56. The predicted octanol–water partition coefficient (Wildman–Crippen LogP) is 3.69. The largest absolute Gasteiger partial charge is 0.481 e. The summed E-state index contributed by atoms with van der Waals surface area (Å²) in [6.45, 7) is 9.56. The Balaban J connectivity index is 0.00000288. The molecule has 1 aliphatic rings. The highest BCUT2D eigenvalue weighted by molar-refractivity contribution is 6.31. The van der Waals surface area contributed by atoms with Crippen molar-refractivity contribution in [1.29, 1.82) is 0 Å². The summed E-state index contributed by atoms with van der Waals surface area (Å²) in [6.07, 6.45) is 1.65. The summed E-state index contributed by atoms with van der Waals surface area (Å²) < 4.78 is 5.79. The van der Waals surface area contributed by atoms with Gasteiger partial charge in [-0.15, -0.1) is 12.4 Å². The Kier molecular flexibility index (Phi) is 8.88. The number of amides is 1. The first kappa shape index (κ1) is 21.1. The van der Waals surface area contributed by atoms with Gasteiger partial charge >= 0.3 is 0 Å². The number of aryl methyl sites for hydroxylation is 1. The van der Waals surface area contributed by atoms with Crippen molar-refractivity contribution in [3.05, 3.63) is 28.8 Å². The molecule has 0 saturated carbocycles. The first-order chi connectivity index (χ1) is 11.0. The number of rotatable bonds is 6. The van der Waals surface area contributed by atoms with E-state index in [0.29, 0.717) is 16.7 Å². The number of halogens is 2. The van der Waals surface area contributed by atoms with Gasteiger partial charge < -0.3 is 15.0 Å². The van der Waals surface area contributed by atoms with Crippen LogP contribution in [0.25, 0.3) is 0 Å². The van der Waals surface area contributed by atoms with Crippen LogP contribution in [0, 0.1) is 12.8 Å². The van der Waals surface area contributed by atoms with Crippen LogP contribution in [0.1, 0.15) is 32.3 Å². The summed E-state index contributed by atoms with van der Waals surface area (Å²) >= 11 is 6.02. The van der Waals surface area contributed by atoms with E-state index in [1.54, 1.807) is 6.07 Å². The fraction of sp³-hybridized carbons (Fsp3) is 0.611. The highest BCUT2D eigenvalue weighted by Gasteiger charge is 2.26. The number of nitrogens with one attached hydrogen (secondary N) is 1. The standard InChI is InChI=1S/C18H27ClN2O2.ClH/c1-4-20-12-15-7-9-21(10-8-15)18(22)14(3)23-16-5-6-17(19)13(2)11-16;/h5-6,11,14-15,20H,4,7-10,12H2,1-3H3;1H. The number of carbonyl (C=O) groups excluding carboxylic acids is 1. The molecule has 1 amide bonds. The van der Waals surface area contributed by atoms with Crippen molar-refractivity contribution in [3.63, 3.8) is 0 Å². The first-order valence-electron chi connectivity index (χ1n) is 8.43. The van der Waals surface area contributed by atoms with Crippen molar-refractivity contribution in [2.75, 3.05) is 26.2 Å². The maximum Gasteiger partial charge on any atom is 0.263 e. The van der Waals surface area contributed by atoms with Crippen molar-refractivity contribution < 1.29 is 9.53 Å². The Morgan fingerprint density at radius 2 is 2.08 bits per heavy atom. The molecule has 1 saturated heterocycles. The smallest absolute Gasteiger partial charge is 0.263 e. The van der Waals surface area contributed by atoms with Crippen LogP contribution in [0.4, 0.5) is 0 Å². The molecule has 0 aromatic heterocycles. The lowest BCUT2D eigenvalue weighted by Gasteiger charge is -2.33. The minimum atomic E-state index is -0.471. The Morgan fingerprint density at radius 1 is 1.42 bits per heavy atom. The molecule has 1 aromatic rings. The molecule has 136 valence electrons. The van der Waals surface area contributed by atoms with Crippen molar-refractivity contribution in [2.45, 2.75) is 39.7 Å². The zero-order chi connectivity index (χ0) is 16.8. The highest BCUT2D eigenvalue weighted by Crippen LogP contribution is 2.23. The first-order valence-corrected chi connectivity index (χ1v) is 8.81. The summed E-state index contributed by atoms with van der Waals surface area (Å²) in [5.41, 5.74) is 0.952. The van der Waals surface area contributed by atoms with E-state index in [2.05, 4.69) is 12.2 Å². The third kappa shape index (κ3) is 5.83. The molecule has 1 unspecified atom stereocenters. The lowest BCUT2D eigenvalue weighted by atomic mass is 9.96. The maximum atomic E-state index is 12.5. The van der Waals surface area contributed by atoms with Crippen LogP contribution >= 0.6 is 24.0 Å². The van der Waals surface area contributed by atoms with E-state index in [1.165, 1.54) is 0 Å². The number of hydrogen-bond donors (Lipinski definition) is 1.